The lowest BCUT2D eigenvalue weighted by Crippen LogP contribution is -1.81. The third kappa shape index (κ3) is 2.64. The van der Waals surface area contributed by atoms with Gasteiger partial charge in [-0.15, -0.1) is 6.42 Å². The number of terminal acetylenes is 1. The highest BCUT2D eigenvalue weighted by Crippen LogP contribution is 2.12. The van der Waals surface area contributed by atoms with Crippen LogP contribution in [0, 0.1) is 12.3 Å². The van der Waals surface area contributed by atoms with E-state index in [0.717, 1.165) is 12.0 Å². The third-order valence-electron chi connectivity index (χ3n) is 1.64. The second kappa shape index (κ2) is 4.41. The summed E-state index contributed by atoms with van der Waals surface area (Å²) >= 11 is 0. The average Bonchev–Trinajstić information content (AvgIpc) is 2.06. The van der Waals surface area contributed by atoms with Gasteiger partial charge in [0.1, 0.15) is 0 Å². The molecule has 1 aliphatic carbocycles. The van der Waals surface area contributed by atoms with Gasteiger partial charge in [0, 0.05) is 0 Å². The summed E-state index contributed by atoms with van der Waals surface area (Å²) in [6.07, 6.45) is 18.4. The van der Waals surface area contributed by atoms with Crippen LogP contribution in [0.15, 0.2) is 47.6 Å². The molecule has 0 fully saturated rings. The van der Waals surface area contributed by atoms with Crippen LogP contribution in [0.1, 0.15) is 13.3 Å². The summed E-state index contributed by atoms with van der Waals surface area (Å²) in [5.41, 5.74) is 2.44. The fourth-order valence-corrected chi connectivity index (χ4v) is 1.10. The highest BCUT2D eigenvalue weighted by atomic mass is 14.0. The molecule has 0 radical (unpaired) electrons. The average molecular weight is 156 g/mol. The maximum absolute atomic E-state index is 5.15. The van der Waals surface area contributed by atoms with Crippen molar-refractivity contribution < 1.29 is 0 Å². The van der Waals surface area contributed by atoms with E-state index in [9.17, 15) is 0 Å². The smallest absolute Gasteiger partial charge is 0.00922 e. The van der Waals surface area contributed by atoms with Crippen LogP contribution in [0.3, 0.4) is 0 Å². The van der Waals surface area contributed by atoms with Crippen molar-refractivity contribution in [2.45, 2.75) is 13.3 Å². The Morgan fingerprint density at radius 3 is 3.00 bits per heavy atom. The quantitative estimate of drug-likeness (QED) is 0.512. The summed E-state index contributed by atoms with van der Waals surface area (Å²) < 4.78 is 0. The van der Waals surface area contributed by atoms with Gasteiger partial charge in [-0.25, -0.2) is 0 Å². The van der Waals surface area contributed by atoms with Gasteiger partial charge in [0.15, 0.2) is 0 Å². The van der Waals surface area contributed by atoms with Crippen molar-refractivity contribution in [2.75, 3.05) is 0 Å². The maximum Gasteiger partial charge on any atom is -0.00922 e. The van der Waals surface area contributed by atoms with Gasteiger partial charge in [-0.2, -0.15) is 0 Å². The minimum Gasteiger partial charge on any atom is -0.115 e. The zero-order chi connectivity index (χ0) is 8.81. The van der Waals surface area contributed by atoms with Crippen molar-refractivity contribution in [1.29, 1.82) is 0 Å². The van der Waals surface area contributed by atoms with Gasteiger partial charge in [0.2, 0.25) is 0 Å². The van der Waals surface area contributed by atoms with Gasteiger partial charge in [-0.3, -0.25) is 0 Å². The molecule has 0 aromatic heterocycles. The summed E-state index contributed by atoms with van der Waals surface area (Å²) in [6, 6.07) is 0. The first kappa shape index (κ1) is 8.62. The molecule has 0 aromatic rings. The molecule has 0 heteroatoms. The van der Waals surface area contributed by atoms with Crippen molar-refractivity contribution >= 4 is 0 Å². The summed E-state index contributed by atoms with van der Waals surface area (Å²) in [6.45, 7) is 2.01. The molecule has 0 heterocycles. The van der Waals surface area contributed by atoms with Crippen LogP contribution in [-0.2, 0) is 0 Å². The maximum atomic E-state index is 5.15. The summed E-state index contributed by atoms with van der Waals surface area (Å²) in [5, 5.41) is 0. The first-order valence-corrected chi connectivity index (χ1v) is 3.99. The number of rotatable bonds is 1. The Morgan fingerprint density at radius 1 is 1.58 bits per heavy atom. The molecule has 0 atom stereocenters. The molecule has 0 saturated carbocycles. The largest absolute Gasteiger partial charge is 0.115 e. The van der Waals surface area contributed by atoms with Crippen LogP contribution in [0.2, 0.25) is 0 Å². The minimum absolute atomic E-state index is 1.01. The van der Waals surface area contributed by atoms with Gasteiger partial charge in [0.25, 0.3) is 0 Å². The van der Waals surface area contributed by atoms with Crippen LogP contribution in [0.4, 0.5) is 0 Å². The highest BCUT2D eigenvalue weighted by molar-refractivity contribution is 5.36. The lowest BCUT2D eigenvalue weighted by molar-refractivity contribution is 1.25. The number of allylic oxidation sites excluding steroid dienone is 8. The SMILES string of the molecule is C#C/C=C(C)\C=C1\C=CC=CC1. The summed E-state index contributed by atoms with van der Waals surface area (Å²) in [7, 11) is 0. The Hall–Kier alpha value is -1.48. The molecule has 0 aliphatic heterocycles. The molecule has 12 heavy (non-hydrogen) atoms. The Balaban J connectivity index is 2.71. The molecular weight excluding hydrogens is 144 g/mol. The van der Waals surface area contributed by atoms with E-state index >= 15 is 0 Å². The number of hydrogen-bond acceptors (Lipinski definition) is 0. The monoisotopic (exact) mass is 156 g/mol. The van der Waals surface area contributed by atoms with E-state index in [4.69, 9.17) is 6.42 Å². The van der Waals surface area contributed by atoms with Crippen molar-refractivity contribution in [1.82, 2.24) is 0 Å². The normalized spacial score (nSPS) is 19.7. The van der Waals surface area contributed by atoms with E-state index in [2.05, 4.69) is 30.2 Å². The second-order valence-electron chi connectivity index (χ2n) is 2.77. The molecule has 0 aromatic carbocycles. The molecule has 0 spiro atoms. The van der Waals surface area contributed by atoms with E-state index in [-0.39, 0.29) is 0 Å². The second-order valence-corrected chi connectivity index (χ2v) is 2.77. The predicted octanol–water partition coefficient (Wildman–Crippen LogP) is 3.01. The number of hydrogen-bond donors (Lipinski definition) is 0. The molecular formula is C12H12. The fourth-order valence-electron chi connectivity index (χ4n) is 1.10. The molecule has 0 bridgehead atoms. The zero-order valence-electron chi connectivity index (χ0n) is 7.25. The molecule has 0 amide bonds. The van der Waals surface area contributed by atoms with Crippen LogP contribution < -0.4 is 0 Å². The lowest BCUT2D eigenvalue weighted by Gasteiger charge is -2.00. The van der Waals surface area contributed by atoms with Gasteiger partial charge in [-0.1, -0.05) is 36.3 Å². The molecule has 1 rings (SSSR count). The van der Waals surface area contributed by atoms with Gasteiger partial charge in [-0.05, 0) is 30.6 Å². The van der Waals surface area contributed by atoms with Crippen LogP contribution >= 0.6 is 0 Å². The van der Waals surface area contributed by atoms with Crippen LogP contribution in [0.5, 0.6) is 0 Å². The highest BCUT2D eigenvalue weighted by Gasteiger charge is 1.92. The predicted molar refractivity (Wildman–Crippen MR) is 53.6 cm³/mol. The molecule has 60 valence electrons. The Morgan fingerprint density at radius 2 is 2.42 bits per heavy atom. The summed E-state index contributed by atoms with van der Waals surface area (Å²) in [4.78, 5) is 0. The first-order chi connectivity index (χ1) is 5.83. The molecule has 0 N–H and O–H groups in total. The van der Waals surface area contributed by atoms with Gasteiger partial charge < -0.3 is 0 Å². The van der Waals surface area contributed by atoms with Crippen LogP contribution in [-0.4, -0.2) is 0 Å². The molecule has 0 nitrogen and oxygen atoms in total. The Labute approximate surface area is 74.0 Å². The van der Waals surface area contributed by atoms with Crippen molar-refractivity contribution in [3.63, 3.8) is 0 Å². The minimum atomic E-state index is 1.01. The molecule has 1 aliphatic rings. The van der Waals surface area contributed by atoms with Crippen LogP contribution in [0.25, 0.3) is 0 Å². The summed E-state index contributed by atoms with van der Waals surface area (Å²) in [5.74, 6) is 2.51. The Bertz CT molecular complexity index is 303. The van der Waals surface area contributed by atoms with E-state index < -0.39 is 0 Å². The van der Waals surface area contributed by atoms with E-state index in [0.29, 0.717) is 0 Å². The molecule has 0 unspecified atom stereocenters. The van der Waals surface area contributed by atoms with Gasteiger partial charge >= 0.3 is 0 Å². The third-order valence-corrected chi connectivity index (χ3v) is 1.64. The van der Waals surface area contributed by atoms with E-state index in [1.54, 1.807) is 6.08 Å². The van der Waals surface area contributed by atoms with Crippen molar-refractivity contribution in [2.24, 2.45) is 0 Å². The standard InChI is InChI=1S/C12H12/c1-3-7-11(2)10-12-8-5-4-6-9-12/h1,4-8,10H,9H2,2H3/b11-7-,12-10-. The van der Waals surface area contributed by atoms with Gasteiger partial charge in [0.05, 0.1) is 0 Å². The lowest BCUT2D eigenvalue weighted by atomic mass is 10.1. The zero-order valence-corrected chi connectivity index (χ0v) is 7.25. The molecule has 0 saturated heterocycles. The topological polar surface area (TPSA) is 0 Å². The van der Waals surface area contributed by atoms with Crippen molar-refractivity contribution in [3.05, 3.63) is 47.6 Å². The van der Waals surface area contributed by atoms with E-state index in [1.165, 1.54) is 5.57 Å². The Kier molecular flexibility index (Phi) is 3.17. The fraction of sp³-hybridized carbons (Fsp3) is 0.167. The van der Waals surface area contributed by atoms with E-state index in [1.807, 2.05) is 13.0 Å². The van der Waals surface area contributed by atoms with Crippen molar-refractivity contribution in [3.8, 4) is 12.3 Å². The first-order valence-electron chi connectivity index (χ1n) is 3.99.